The summed E-state index contributed by atoms with van der Waals surface area (Å²) in [5.41, 5.74) is -3.73. The van der Waals surface area contributed by atoms with Crippen LogP contribution in [0.4, 0.5) is 0 Å². The third kappa shape index (κ3) is 8.38. The second kappa shape index (κ2) is 15.9. The molecule has 13 nitrogen and oxygen atoms in total. The van der Waals surface area contributed by atoms with Crippen molar-refractivity contribution in [2.45, 2.75) is 153 Å². The molecule has 3 aliphatic rings. The highest BCUT2D eigenvalue weighted by molar-refractivity contribution is 5.73. The topological polar surface area (TPSA) is 171 Å². The van der Waals surface area contributed by atoms with Gasteiger partial charge in [-0.15, -0.1) is 0 Å². The summed E-state index contributed by atoms with van der Waals surface area (Å²) in [7, 11) is 3.15. The quantitative estimate of drug-likeness (QED) is 0.0784. The van der Waals surface area contributed by atoms with Crippen LogP contribution in [0, 0.1) is 23.7 Å². The number of rotatable bonds is 12. The van der Waals surface area contributed by atoms with Crippen LogP contribution in [0.3, 0.4) is 0 Å². The number of fused-ring (bicyclic) bond motifs is 2. The van der Waals surface area contributed by atoms with Gasteiger partial charge in [-0.25, -0.2) is 0 Å². The molecule has 0 aliphatic carbocycles. The van der Waals surface area contributed by atoms with Crippen molar-refractivity contribution >= 4 is 12.3 Å². The molecule has 4 N–H and O–H groups in total. The lowest BCUT2D eigenvalue weighted by Crippen LogP contribution is -2.58. The highest BCUT2D eigenvalue weighted by Gasteiger charge is 2.58. The van der Waals surface area contributed by atoms with Crippen molar-refractivity contribution < 1.29 is 58.4 Å². The summed E-state index contributed by atoms with van der Waals surface area (Å²) < 4.78 is 31.4. The largest absolute Gasteiger partial charge is 0.459 e. The number of carbonyl (C=O) groups excluding carboxylic acids is 2. The summed E-state index contributed by atoms with van der Waals surface area (Å²) in [6.45, 7) is 16.1. The van der Waals surface area contributed by atoms with Crippen molar-refractivity contribution in [3.63, 3.8) is 0 Å². The van der Waals surface area contributed by atoms with Crippen molar-refractivity contribution in [1.29, 1.82) is 0 Å². The Kier molecular flexibility index (Phi) is 13.5. The Balaban J connectivity index is 2.10. The van der Waals surface area contributed by atoms with Crippen molar-refractivity contribution in [1.82, 2.24) is 5.32 Å². The molecule has 16 atom stereocenters. The van der Waals surface area contributed by atoms with E-state index in [1.54, 1.807) is 34.7 Å². The summed E-state index contributed by atoms with van der Waals surface area (Å²) in [6, 6.07) is -0.586. The maximum absolute atomic E-state index is 14.1. The molecular weight excluding hydrogens is 614 g/mol. The van der Waals surface area contributed by atoms with E-state index < -0.39 is 95.6 Å². The smallest absolute Gasteiger partial charge is 0.311 e. The molecule has 3 saturated heterocycles. The van der Waals surface area contributed by atoms with Gasteiger partial charge < -0.3 is 54.0 Å². The number of ether oxygens (including phenoxy) is 5. The number of nitrogens with one attached hydrogen (secondary N) is 1. The number of methoxy groups -OCH3 is 1. The average Bonchev–Trinajstić information content (AvgIpc) is 3.34. The molecule has 3 aliphatic heterocycles. The maximum Gasteiger partial charge on any atom is 0.311 e. The molecular formula is C34H59NO12. The Bertz CT molecular complexity index is 1070. The monoisotopic (exact) mass is 673 g/mol. The number of aliphatic hydroxyl groups is 3. The molecule has 0 spiro atoms. The van der Waals surface area contributed by atoms with Crippen LogP contribution in [0.1, 0.15) is 81.6 Å². The molecule has 13 heteroatoms. The molecule has 0 saturated carbocycles. The van der Waals surface area contributed by atoms with Gasteiger partial charge in [0.1, 0.15) is 36.5 Å². The van der Waals surface area contributed by atoms with Crippen LogP contribution in [-0.2, 0) is 43.0 Å². The van der Waals surface area contributed by atoms with E-state index in [4.69, 9.17) is 33.5 Å². The van der Waals surface area contributed by atoms with Crippen LogP contribution in [0.25, 0.3) is 0 Å². The first-order valence-electron chi connectivity index (χ1n) is 16.8. The highest BCUT2D eigenvalue weighted by Crippen LogP contribution is 2.47. The lowest BCUT2D eigenvalue weighted by atomic mass is 9.76. The first-order valence-corrected chi connectivity index (χ1v) is 16.8. The van der Waals surface area contributed by atoms with Gasteiger partial charge in [-0.3, -0.25) is 4.79 Å². The third-order valence-electron chi connectivity index (χ3n) is 10.8. The SMILES string of the molecule is CC[C@@H](O)[C@@](C)(O)[C@@H]1OC(=O)[C@H](C)[C@@H](O[C@H]2CC(C)(OC)[C@@H](O)C(C)O2)[C@H](C)[C@@H](OO/C=C\C(C=O)NC)[C@@]2(C)CC(C)C(O2)[C@@H]1C. The van der Waals surface area contributed by atoms with Crippen molar-refractivity contribution in [3.05, 3.63) is 12.3 Å². The van der Waals surface area contributed by atoms with E-state index in [-0.39, 0.29) is 18.8 Å². The number of aldehydes is 1. The van der Waals surface area contributed by atoms with Crippen molar-refractivity contribution in [3.8, 4) is 0 Å². The van der Waals surface area contributed by atoms with Gasteiger partial charge in [0.05, 0.1) is 47.6 Å². The molecule has 272 valence electrons. The van der Waals surface area contributed by atoms with Gasteiger partial charge in [0.15, 0.2) is 6.29 Å². The van der Waals surface area contributed by atoms with Crippen LogP contribution in [0.5, 0.6) is 0 Å². The summed E-state index contributed by atoms with van der Waals surface area (Å²) in [5.74, 6) is -2.73. The predicted molar refractivity (Wildman–Crippen MR) is 171 cm³/mol. The lowest BCUT2D eigenvalue weighted by Gasteiger charge is -2.46. The molecule has 3 heterocycles. The highest BCUT2D eigenvalue weighted by atomic mass is 17.2. The first-order chi connectivity index (χ1) is 21.9. The van der Waals surface area contributed by atoms with Gasteiger partial charge in [0, 0.05) is 25.4 Å². The average molecular weight is 674 g/mol. The van der Waals surface area contributed by atoms with Gasteiger partial charge in [-0.2, -0.15) is 4.89 Å². The van der Waals surface area contributed by atoms with E-state index in [9.17, 15) is 24.9 Å². The summed E-state index contributed by atoms with van der Waals surface area (Å²) in [5, 5.41) is 36.2. The molecule has 0 radical (unpaired) electrons. The molecule has 0 aromatic carbocycles. The van der Waals surface area contributed by atoms with Gasteiger partial charge in [-0.05, 0) is 66.5 Å². The van der Waals surface area contributed by atoms with E-state index in [1.165, 1.54) is 26.4 Å². The lowest BCUT2D eigenvalue weighted by molar-refractivity contribution is -0.346. The fourth-order valence-corrected chi connectivity index (χ4v) is 7.74. The number of likely N-dealkylation sites (N-methyl/N-ethyl adjacent to an activating group) is 1. The van der Waals surface area contributed by atoms with Crippen LogP contribution in [0.2, 0.25) is 0 Å². The third-order valence-corrected chi connectivity index (χ3v) is 10.8. The number of esters is 1. The molecule has 5 unspecified atom stereocenters. The van der Waals surface area contributed by atoms with E-state index in [0.29, 0.717) is 6.42 Å². The molecule has 0 aromatic rings. The van der Waals surface area contributed by atoms with Crippen molar-refractivity contribution in [2.75, 3.05) is 14.2 Å². The Morgan fingerprint density at radius 1 is 1.15 bits per heavy atom. The first kappa shape index (κ1) is 39.8. The standard InChI is InChI=1S/C34H59NO12/c1-12-24(37)34(9,40)30-19(3)26-18(2)15-33(8,46-26)29(47-42-14-13-23(17-36)35-10)20(4)27(21(5)31(39)45-30)44-25-16-32(7,41-11)28(38)22(6)43-25/h13-14,17-30,35,37-38,40H,12,15-16H2,1-11H3/b14-13-/t18?,19-,20-,21+,22?,23?,24+,25-,26?,27-,28-,29+,30+,32?,33+,34+/m0/s1. The van der Waals surface area contributed by atoms with Gasteiger partial charge in [-0.1, -0.05) is 27.7 Å². The van der Waals surface area contributed by atoms with E-state index >= 15 is 0 Å². The normalized spacial score (nSPS) is 44.2. The zero-order valence-corrected chi connectivity index (χ0v) is 29.9. The zero-order chi connectivity index (χ0) is 35.5. The van der Waals surface area contributed by atoms with Crippen LogP contribution in [-0.4, -0.2) is 114 Å². The van der Waals surface area contributed by atoms with Crippen LogP contribution >= 0.6 is 0 Å². The molecule has 47 heavy (non-hydrogen) atoms. The Hall–Kier alpha value is -1.68. The van der Waals surface area contributed by atoms with Crippen LogP contribution in [0.15, 0.2) is 12.3 Å². The molecule has 0 amide bonds. The molecule has 2 bridgehead atoms. The number of carbonyl (C=O) groups is 2. The van der Waals surface area contributed by atoms with Gasteiger partial charge >= 0.3 is 5.97 Å². The van der Waals surface area contributed by atoms with E-state index in [2.05, 4.69) is 5.32 Å². The zero-order valence-electron chi connectivity index (χ0n) is 29.9. The second-order valence-corrected chi connectivity index (χ2v) is 14.5. The maximum atomic E-state index is 14.1. The molecule has 0 aromatic heterocycles. The van der Waals surface area contributed by atoms with Gasteiger partial charge in [0.25, 0.3) is 0 Å². The minimum atomic E-state index is -1.79. The van der Waals surface area contributed by atoms with E-state index in [0.717, 1.165) is 6.29 Å². The minimum Gasteiger partial charge on any atom is -0.459 e. The second-order valence-electron chi connectivity index (χ2n) is 14.5. The summed E-state index contributed by atoms with van der Waals surface area (Å²) in [4.78, 5) is 37.0. The predicted octanol–water partition coefficient (Wildman–Crippen LogP) is 2.43. The van der Waals surface area contributed by atoms with Crippen molar-refractivity contribution in [2.24, 2.45) is 23.7 Å². The Morgan fingerprint density at radius 2 is 1.81 bits per heavy atom. The summed E-state index contributed by atoms with van der Waals surface area (Å²) >= 11 is 0. The number of aliphatic hydroxyl groups excluding tert-OH is 2. The fraction of sp³-hybridized carbons (Fsp3) is 0.882. The Labute approximate surface area is 279 Å². The van der Waals surface area contributed by atoms with Crippen LogP contribution < -0.4 is 5.32 Å². The molecule has 3 rings (SSSR count). The summed E-state index contributed by atoms with van der Waals surface area (Å²) in [6.07, 6.45) is -2.46. The molecule has 3 fully saturated rings. The number of hydrogen-bond acceptors (Lipinski definition) is 13. The van der Waals surface area contributed by atoms with E-state index in [1.807, 2.05) is 27.7 Å². The fourth-order valence-electron chi connectivity index (χ4n) is 7.74. The Morgan fingerprint density at radius 3 is 2.38 bits per heavy atom. The van der Waals surface area contributed by atoms with Gasteiger partial charge in [0.2, 0.25) is 0 Å². The minimum absolute atomic E-state index is 0.0639. The number of hydrogen-bond donors (Lipinski definition) is 4. The number of cyclic esters (lactones) is 1.